The molecule has 1 heterocycles. The Kier molecular flexibility index (Phi) is 4.45. The van der Waals surface area contributed by atoms with Gasteiger partial charge in [-0.15, -0.1) is 5.10 Å². The summed E-state index contributed by atoms with van der Waals surface area (Å²) in [6, 6.07) is 0. The second kappa shape index (κ2) is 5.62. The van der Waals surface area contributed by atoms with Gasteiger partial charge in [0.05, 0.1) is 25.0 Å². The molecular formula is C10H18N4O3. The summed E-state index contributed by atoms with van der Waals surface area (Å²) in [5.41, 5.74) is 0.101. The average Bonchev–Trinajstić information content (AvgIpc) is 2.62. The highest BCUT2D eigenvalue weighted by Crippen LogP contribution is 2.06. The topological polar surface area (TPSA) is 89.3 Å². The fraction of sp³-hybridized carbons (Fsp3) is 0.700. The van der Waals surface area contributed by atoms with Crippen molar-refractivity contribution in [2.24, 2.45) is 0 Å². The molecule has 96 valence electrons. The van der Waals surface area contributed by atoms with Crippen molar-refractivity contribution in [3.8, 4) is 0 Å². The highest BCUT2D eigenvalue weighted by atomic mass is 16.6. The molecule has 7 nitrogen and oxygen atoms in total. The number of aromatic nitrogens is 3. The van der Waals surface area contributed by atoms with Crippen LogP contribution in [0.1, 0.15) is 26.5 Å². The molecule has 0 aliphatic carbocycles. The van der Waals surface area contributed by atoms with Gasteiger partial charge in [0, 0.05) is 6.54 Å². The maximum absolute atomic E-state index is 11.3. The van der Waals surface area contributed by atoms with Crippen molar-refractivity contribution in [1.82, 2.24) is 20.3 Å². The molecule has 0 aliphatic rings. The molecule has 17 heavy (non-hydrogen) atoms. The Morgan fingerprint density at radius 2 is 2.29 bits per heavy atom. The van der Waals surface area contributed by atoms with Crippen molar-refractivity contribution in [2.45, 2.75) is 39.5 Å². The minimum atomic E-state index is -0.506. The molecule has 2 N–H and O–H groups in total. The predicted octanol–water partition coefficient (Wildman–Crippen LogP) is 0.295. The smallest absolute Gasteiger partial charge is 0.407 e. The monoisotopic (exact) mass is 242 g/mol. The van der Waals surface area contributed by atoms with E-state index in [0.717, 1.165) is 0 Å². The lowest BCUT2D eigenvalue weighted by atomic mass is 10.2. The Labute approximate surface area is 99.8 Å². The number of aliphatic hydroxyl groups excluding tert-OH is 1. The number of hydrogen-bond donors (Lipinski definition) is 2. The zero-order valence-corrected chi connectivity index (χ0v) is 10.3. The van der Waals surface area contributed by atoms with Crippen LogP contribution in [0.15, 0.2) is 6.20 Å². The third-order valence-electron chi connectivity index (χ3n) is 1.85. The number of amides is 1. The summed E-state index contributed by atoms with van der Waals surface area (Å²) in [4.78, 5) is 11.3. The van der Waals surface area contributed by atoms with Crippen molar-refractivity contribution in [3.05, 3.63) is 11.9 Å². The molecule has 0 fully saturated rings. The number of carbonyl (C=O) groups is 1. The number of nitrogens with zero attached hydrogens (tertiary/aromatic N) is 3. The second-order valence-corrected chi connectivity index (χ2v) is 4.54. The number of carbonyl (C=O) groups excluding carboxylic acids is 1. The quantitative estimate of drug-likeness (QED) is 0.792. The molecule has 0 atom stereocenters. The first-order chi connectivity index (χ1) is 7.92. The van der Waals surface area contributed by atoms with Gasteiger partial charge in [0.2, 0.25) is 0 Å². The SMILES string of the molecule is CC(C)(C)OC(=O)NCCn1nncc1CO. The molecular weight excluding hydrogens is 224 g/mol. The van der Waals surface area contributed by atoms with E-state index in [2.05, 4.69) is 15.6 Å². The van der Waals surface area contributed by atoms with Crippen LogP contribution in [0.2, 0.25) is 0 Å². The molecule has 1 aromatic heterocycles. The Morgan fingerprint density at radius 1 is 1.59 bits per heavy atom. The first-order valence-corrected chi connectivity index (χ1v) is 5.37. The van der Waals surface area contributed by atoms with Gasteiger partial charge in [-0.1, -0.05) is 5.21 Å². The lowest BCUT2D eigenvalue weighted by Crippen LogP contribution is -2.34. The molecule has 0 spiro atoms. The highest BCUT2D eigenvalue weighted by molar-refractivity contribution is 5.67. The van der Waals surface area contributed by atoms with Crippen molar-refractivity contribution in [3.63, 3.8) is 0 Å². The minimum absolute atomic E-state index is 0.126. The Hall–Kier alpha value is -1.63. The van der Waals surface area contributed by atoms with E-state index in [1.54, 1.807) is 20.8 Å². The van der Waals surface area contributed by atoms with Crippen LogP contribution in [0.5, 0.6) is 0 Å². The number of rotatable bonds is 4. The molecule has 0 saturated heterocycles. The Balaban J connectivity index is 2.31. The van der Waals surface area contributed by atoms with E-state index in [-0.39, 0.29) is 6.61 Å². The molecule has 1 amide bonds. The summed E-state index contributed by atoms with van der Waals surface area (Å²) in [5, 5.41) is 19.0. The molecule has 0 unspecified atom stereocenters. The largest absolute Gasteiger partial charge is 0.444 e. The van der Waals surface area contributed by atoms with Gasteiger partial charge in [0.15, 0.2) is 0 Å². The van der Waals surface area contributed by atoms with E-state index in [0.29, 0.717) is 18.8 Å². The fourth-order valence-corrected chi connectivity index (χ4v) is 1.17. The van der Waals surface area contributed by atoms with Gasteiger partial charge in [-0.2, -0.15) is 0 Å². The third-order valence-corrected chi connectivity index (χ3v) is 1.85. The van der Waals surface area contributed by atoms with E-state index < -0.39 is 11.7 Å². The van der Waals surface area contributed by atoms with E-state index in [1.165, 1.54) is 10.9 Å². The van der Waals surface area contributed by atoms with Crippen molar-refractivity contribution in [2.75, 3.05) is 6.54 Å². The zero-order valence-electron chi connectivity index (χ0n) is 10.3. The molecule has 0 aliphatic heterocycles. The normalized spacial score (nSPS) is 11.3. The zero-order chi connectivity index (χ0) is 12.9. The summed E-state index contributed by atoms with van der Waals surface area (Å²) >= 11 is 0. The molecule has 0 radical (unpaired) electrons. The maximum Gasteiger partial charge on any atom is 0.407 e. The molecule has 0 aromatic carbocycles. The van der Waals surface area contributed by atoms with Crippen molar-refractivity contribution >= 4 is 6.09 Å². The van der Waals surface area contributed by atoms with Crippen LogP contribution in [0.25, 0.3) is 0 Å². The summed E-state index contributed by atoms with van der Waals surface area (Å²) in [5.74, 6) is 0. The second-order valence-electron chi connectivity index (χ2n) is 4.54. The molecule has 1 rings (SSSR count). The first-order valence-electron chi connectivity index (χ1n) is 5.37. The lowest BCUT2D eigenvalue weighted by Gasteiger charge is -2.19. The minimum Gasteiger partial charge on any atom is -0.444 e. The summed E-state index contributed by atoms with van der Waals surface area (Å²) in [6.07, 6.45) is 1.01. The number of hydrogen-bond acceptors (Lipinski definition) is 5. The summed E-state index contributed by atoms with van der Waals surface area (Å²) in [7, 11) is 0. The highest BCUT2D eigenvalue weighted by Gasteiger charge is 2.15. The van der Waals surface area contributed by atoms with Gasteiger partial charge in [0.1, 0.15) is 5.60 Å². The van der Waals surface area contributed by atoms with Crippen LogP contribution in [-0.4, -0.2) is 38.3 Å². The first kappa shape index (κ1) is 13.4. The van der Waals surface area contributed by atoms with Crippen LogP contribution < -0.4 is 5.32 Å². The van der Waals surface area contributed by atoms with Gasteiger partial charge in [0.25, 0.3) is 0 Å². The van der Waals surface area contributed by atoms with Crippen LogP contribution in [0.4, 0.5) is 4.79 Å². The van der Waals surface area contributed by atoms with Gasteiger partial charge >= 0.3 is 6.09 Å². The van der Waals surface area contributed by atoms with Crippen LogP contribution in [-0.2, 0) is 17.9 Å². The molecule has 1 aromatic rings. The van der Waals surface area contributed by atoms with Gasteiger partial charge in [-0.05, 0) is 20.8 Å². The Bertz CT molecular complexity index is 370. The van der Waals surface area contributed by atoms with Gasteiger partial charge < -0.3 is 15.2 Å². The lowest BCUT2D eigenvalue weighted by molar-refractivity contribution is 0.0525. The number of nitrogens with one attached hydrogen (secondary N) is 1. The maximum atomic E-state index is 11.3. The summed E-state index contributed by atoms with van der Waals surface area (Å²) in [6.45, 7) is 6.08. The summed E-state index contributed by atoms with van der Waals surface area (Å²) < 4.78 is 6.59. The van der Waals surface area contributed by atoms with Crippen LogP contribution in [0, 0.1) is 0 Å². The van der Waals surface area contributed by atoms with E-state index >= 15 is 0 Å². The predicted molar refractivity (Wildman–Crippen MR) is 60.2 cm³/mol. The van der Waals surface area contributed by atoms with E-state index in [1.807, 2.05) is 0 Å². The van der Waals surface area contributed by atoms with Crippen molar-refractivity contribution < 1.29 is 14.6 Å². The average molecular weight is 242 g/mol. The fourth-order valence-electron chi connectivity index (χ4n) is 1.17. The standard InChI is InChI=1S/C10H18N4O3/c1-10(2,3)17-9(16)11-4-5-14-8(7-15)6-12-13-14/h6,15H,4-5,7H2,1-3H3,(H,11,16). The molecule has 7 heteroatoms. The number of aliphatic hydroxyl groups is 1. The van der Waals surface area contributed by atoms with Crippen LogP contribution in [0.3, 0.4) is 0 Å². The molecule has 0 saturated carbocycles. The molecule has 0 bridgehead atoms. The number of alkyl carbamates (subject to hydrolysis) is 1. The third kappa shape index (κ3) is 4.81. The van der Waals surface area contributed by atoms with E-state index in [4.69, 9.17) is 9.84 Å². The van der Waals surface area contributed by atoms with Gasteiger partial charge in [-0.25, -0.2) is 9.48 Å². The van der Waals surface area contributed by atoms with E-state index in [9.17, 15) is 4.79 Å². The van der Waals surface area contributed by atoms with Crippen LogP contribution >= 0.6 is 0 Å². The Morgan fingerprint density at radius 3 is 2.88 bits per heavy atom. The van der Waals surface area contributed by atoms with Crippen molar-refractivity contribution in [1.29, 1.82) is 0 Å². The van der Waals surface area contributed by atoms with Gasteiger partial charge in [-0.3, -0.25) is 0 Å². The number of ether oxygens (including phenoxy) is 1.